The van der Waals surface area contributed by atoms with Gasteiger partial charge in [-0.1, -0.05) is 0 Å². The first-order valence-corrected chi connectivity index (χ1v) is 6.60. The minimum Gasteiger partial charge on any atom is -0.476 e. The molecule has 0 saturated heterocycles. The van der Waals surface area contributed by atoms with Crippen molar-refractivity contribution in [2.45, 2.75) is 0 Å². The van der Waals surface area contributed by atoms with E-state index in [-0.39, 0.29) is 5.69 Å². The number of rotatable bonds is 2. The van der Waals surface area contributed by atoms with Crippen molar-refractivity contribution in [2.75, 3.05) is 0 Å². The Morgan fingerprint density at radius 2 is 2.17 bits per heavy atom. The van der Waals surface area contributed by atoms with E-state index in [2.05, 4.69) is 26.0 Å². The predicted molar refractivity (Wildman–Crippen MR) is 71.0 cm³/mol. The van der Waals surface area contributed by atoms with Crippen molar-refractivity contribution < 1.29 is 9.90 Å². The lowest BCUT2D eigenvalue weighted by Crippen LogP contribution is -1.95. The fourth-order valence-electron chi connectivity index (χ4n) is 1.57. The molecule has 0 aliphatic carbocycles. The molecule has 0 spiro atoms. The van der Waals surface area contributed by atoms with Gasteiger partial charge in [-0.3, -0.25) is 0 Å². The maximum absolute atomic E-state index is 10.8. The van der Waals surface area contributed by atoms with Crippen molar-refractivity contribution in [3.63, 3.8) is 0 Å². The molecule has 0 amide bonds. The third-order valence-corrected chi connectivity index (χ3v) is 4.01. The molecule has 0 bridgehead atoms. The zero-order valence-corrected chi connectivity index (χ0v) is 11.3. The number of hydrogen-bond acceptors (Lipinski definition) is 4. The Hall–Kier alpha value is -1.73. The second-order valence-electron chi connectivity index (χ2n) is 3.56. The van der Waals surface area contributed by atoms with Crippen LogP contribution >= 0.6 is 27.3 Å². The van der Waals surface area contributed by atoms with Crippen molar-refractivity contribution >= 4 is 38.9 Å². The zero-order valence-electron chi connectivity index (χ0n) is 8.87. The maximum atomic E-state index is 10.8. The largest absolute Gasteiger partial charge is 0.476 e. The van der Waals surface area contributed by atoms with E-state index in [9.17, 15) is 4.79 Å². The molecular formula is C11H6BrN3O2S. The number of carboxylic acid groups (broad SMARTS) is 1. The molecule has 3 aromatic rings. The van der Waals surface area contributed by atoms with E-state index < -0.39 is 5.97 Å². The number of carbonyl (C=O) groups is 1. The molecule has 0 saturated carbocycles. The van der Waals surface area contributed by atoms with Crippen molar-refractivity contribution in [1.29, 1.82) is 0 Å². The third kappa shape index (κ3) is 1.91. The molecule has 3 heterocycles. The second kappa shape index (κ2) is 4.18. The molecule has 5 nitrogen and oxygen atoms in total. The van der Waals surface area contributed by atoms with Crippen molar-refractivity contribution in [3.8, 4) is 10.6 Å². The highest BCUT2D eigenvalue weighted by Gasteiger charge is 2.10. The van der Waals surface area contributed by atoms with Crippen LogP contribution in [-0.2, 0) is 0 Å². The Morgan fingerprint density at radius 1 is 1.33 bits per heavy atom. The number of carboxylic acids is 1. The van der Waals surface area contributed by atoms with Crippen LogP contribution in [0.25, 0.3) is 16.2 Å². The highest BCUT2D eigenvalue weighted by Crippen LogP contribution is 2.29. The van der Waals surface area contributed by atoms with Crippen LogP contribution in [0.4, 0.5) is 0 Å². The van der Waals surface area contributed by atoms with E-state index in [1.54, 1.807) is 17.4 Å². The van der Waals surface area contributed by atoms with Crippen molar-refractivity contribution in [3.05, 3.63) is 39.9 Å². The van der Waals surface area contributed by atoms with E-state index in [0.29, 0.717) is 5.65 Å². The molecular weight excluding hydrogens is 318 g/mol. The first kappa shape index (κ1) is 11.4. The van der Waals surface area contributed by atoms with E-state index in [4.69, 9.17) is 5.11 Å². The molecule has 0 fully saturated rings. The number of imidazole rings is 1. The van der Waals surface area contributed by atoms with Gasteiger partial charge >= 0.3 is 5.97 Å². The van der Waals surface area contributed by atoms with Gasteiger partial charge in [0, 0.05) is 0 Å². The summed E-state index contributed by atoms with van der Waals surface area (Å²) in [5, 5.41) is 13.2. The Balaban J connectivity index is 2.13. The number of aromatic carboxylic acids is 1. The second-order valence-corrected chi connectivity index (χ2v) is 6.02. The number of halogens is 1. The molecule has 7 heteroatoms. The van der Waals surface area contributed by atoms with Gasteiger partial charge in [-0.05, 0) is 40.2 Å². The minimum absolute atomic E-state index is 0.00740. The molecule has 0 aliphatic rings. The molecule has 3 aromatic heterocycles. The Labute approximate surface area is 114 Å². The summed E-state index contributed by atoms with van der Waals surface area (Å²) in [5.74, 6) is -1.05. The summed E-state index contributed by atoms with van der Waals surface area (Å²) in [6.45, 7) is 0. The number of thiophene rings is 1. The van der Waals surface area contributed by atoms with Gasteiger partial charge in [0.05, 0.1) is 14.9 Å². The maximum Gasteiger partial charge on any atom is 0.356 e. The number of hydrogen-bond donors (Lipinski definition) is 1. The van der Waals surface area contributed by atoms with Gasteiger partial charge in [-0.25, -0.2) is 14.3 Å². The highest BCUT2D eigenvalue weighted by atomic mass is 79.9. The van der Waals surface area contributed by atoms with Gasteiger partial charge in [0.2, 0.25) is 0 Å². The molecule has 90 valence electrons. The lowest BCUT2D eigenvalue weighted by atomic mass is 10.3. The van der Waals surface area contributed by atoms with Crippen LogP contribution in [0.2, 0.25) is 0 Å². The summed E-state index contributed by atoms with van der Waals surface area (Å²) in [5.41, 5.74) is 1.30. The van der Waals surface area contributed by atoms with E-state index in [1.165, 1.54) is 10.7 Å². The van der Waals surface area contributed by atoms with Crippen molar-refractivity contribution in [2.24, 2.45) is 0 Å². The van der Waals surface area contributed by atoms with Crippen LogP contribution in [0.1, 0.15) is 10.5 Å². The molecule has 0 aromatic carbocycles. The molecule has 18 heavy (non-hydrogen) atoms. The third-order valence-electron chi connectivity index (χ3n) is 2.36. The van der Waals surface area contributed by atoms with Crippen LogP contribution in [0.5, 0.6) is 0 Å². The fourth-order valence-corrected chi connectivity index (χ4v) is 2.92. The average molecular weight is 324 g/mol. The highest BCUT2D eigenvalue weighted by molar-refractivity contribution is 9.11. The summed E-state index contributed by atoms with van der Waals surface area (Å²) in [6, 6.07) is 7.48. The standard InChI is InChI=1S/C11H6BrN3O2S/c12-9-3-2-8(18-9)6-1-4-10-13-7(11(16)17)5-15(10)14-6/h1-5H,(H,16,17). The normalized spacial score (nSPS) is 10.9. The first-order valence-electron chi connectivity index (χ1n) is 4.99. The van der Waals surface area contributed by atoms with Gasteiger partial charge in [-0.2, -0.15) is 5.10 Å². The molecule has 1 N–H and O–H groups in total. The summed E-state index contributed by atoms with van der Waals surface area (Å²) in [4.78, 5) is 15.8. The van der Waals surface area contributed by atoms with Crippen LogP contribution < -0.4 is 0 Å². The number of nitrogens with zero attached hydrogens (tertiary/aromatic N) is 3. The molecule has 0 aliphatic heterocycles. The lowest BCUT2D eigenvalue weighted by molar-refractivity contribution is 0.0691. The van der Waals surface area contributed by atoms with Gasteiger partial charge in [0.25, 0.3) is 0 Å². The van der Waals surface area contributed by atoms with E-state index >= 15 is 0 Å². The predicted octanol–water partition coefficient (Wildman–Crippen LogP) is 2.92. The van der Waals surface area contributed by atoms with Gasteiger partial charge in [-0.15, -0.1) is 11.3 Å². The van der Waals surface area contributed by atoms with Gasteiger partial charge < -0.3 is 5.11 Å². The minimum atomic E-state index is -1.05. The topological polar surface area (TPSA) is 67.5 Å². The first-order chi connectivity index (χ1) is 8.63. The van der Waals surface area contributed by atoms with E-state index in [1.807, 2.05) is 18.2 Å². The SMILES string of the molecule is O=C(O)c1cn2nc(-c3ccc(Br)s3)ccc2n1. The Morgan fingerprint density at radius 3 is 2.83 bits per heavy atom. The summed E-state index contributed by atoms with van der Waals surface area (Å²) in [6.07, 6.45) is 1.41. The van der Waals surface area contributed by atoms with Crippen LogP contribution in [0, 0.1) is 0 Å². The summed E-state index contributed by atoms with van der Waals surface area (Å²) in [7, 11) is 0. The van der Waals surface area contributed by atoms with Crippen LogP contribution in [0.15, 0.2) is 34.2 Å². The van der Waals surface area contributed by atoms with Gasteiger partial charge in [0.15, 0.2) is 11.3 Å². The smallest absolute Gasteiger partial charge is 0.356 e. The van der Waals surface area contributed by atoms with E-state index in [0.717, 1.165) is 14.4 Å². The van der Waals surface area contributed by atoms with Crippen LogP contribution in [0.3, 0.4) is 0 Å². The monoisotopic (exact) mass is 323 g/mol. The fraction of sp³-hybridized carbons (Fsp3) is 0. The van der Waals surface area contributed by atoms with Crippen molar-refractivity contribution in [1.82, 2.24) is 14.6 Å². The number of fused-ring (bicyclic) bond motifs is 1. The Kier molecular flexibility index (Phi) is 2.64. The summed E-state index contributed by atoms with van der Waals surface area (Å²) >= 11 is 4.96. The number of aromatic nitrogens is 3. The lowest BCUT2D eigenvalue weighted by Gasteiger charge is -1.97. The molecule has 0 atom stereocenters. The molecule has 0 radical (unpaired) electrons. The zero-order chi connectivity index (χ0) is 12.7. The molecule has 3 rings (SSSR count). The summed E-state index contributed by atoms with van der Waals surface area (Å²) < 4.78 is 2.50. The van der Waals surface area contributed by atoms with Crippen LogP contribution in [-0.4, -0.2) is 25.7 Å². The average Bonchev–Trinajstić information content (AvgIpc) is 2.93. The quantitative estimate of drug-likeness (QED) is 0.787. The molecule has 0 unspecified atom stereocenters. The van der Waals surface area contributed by atoms with Gasteiger partial charge in [0.1, 0.15) is 5.69 Å². The Bertz CT molecular complexity index is 750.